The van der Waals surface area contributed by atoms with E-state index in [1.807, 2.05) is 20.8 Å². The van der Waals surface area contributed by atoms with Gasteiger partial charge < -0.3 is 10.8 Å². The topological polar surface area (TPSA) is 63.3 Å². The van der Waals surface area contributed by atoms with Crippen molar-refractivity contribution in [1.29, 1.82) is 0 Å². The van der Waals surface area contributed by atoms with E-state index in [0.717, 1.165) is 16.7 Å². The molecule has 0 aliphatic carbocycles. The molecule has 0 unspecified atom stereocenters. The first-order chi connectivity index (χ1) is 9.28. The van der Waals surface area contributed by atoms with Crippen molar-refractivity contribution in [2.75, 3.05) is 0 Å². The molecular weight excluding hydrogens is 262 g/mol. The van der Waals surface area contributed by atoms with Gasteiger partial charge in [-0.2, -0.15) is 0 Å². The Kier molecular flexibility index (Phi) is 4.48. The van der Waals surface area contributed by atoms with Crippen LogP contribution in [0.25, 0.3) is 0 Å². The summed E-state index contributed by atoms with van der Waals surface area (Å²) in [6.07, 6.45) is 0. The van der Waals surface area contributed by atoms with Crippen LogP contribution in [0.5, 0.6) is 5.75 Å². The Balaban J connectivity index is 3.99. The van der Waals surface area contributed by atoms with Crippen LogP contribution < -0.4 is 5.73 Å². The molecule has 0 fully saturated rings. The van der Waals surface area contributed by atoms with Crippen molar-refractivity contribution in [3.63, 3.8) is 0 Å². The van der Waals surface area contributed by atoms with Crippen molar-refractivity contribution < 1.29 is 9.90 Å². The van der Waals surface area contributed by atoms with Gasteiger partial charge >= 0.3 is 0 Å². The van der Waals surface area contributed by atoms with Gasteiger partial charge in [-0.25, -0.2) is 0 Å². The smallest absolute Gasteiger partial charge is 0.252 e. The van der Waals surface area contributed by atoms with Gasteiger partial charge in [0.1, 0.15) is 5.75 Å². The van der Waals surface area contributed by atoms with Crippen LogP contribution in [0.1, 0.15) is 88.4 Å². The Morgan fingerprint density at radius 1 is 1.10 bits per heavy atom. The van der Waals surface area contributed by atoms with E-state index < -0.39 is 5.91 Å². The average molecular weight is 291 g/mol. The van der Waals surface area contributed by atoms with Gasteiger partial charge in [0.25, 0.3) is 5.91 Å². The maximum Gasteiger partial charge on any atom is 0.252 e. The van der Waals surface area contributed by atoms with Gasteiger partial charge in [-0.15, -0.1) is 0 Å². The predicted molar refractivity (Wildman–Crippen MR) is 88.1 cm³/mol. The number of rotatable bonds is 2. The summed E-state index contributed by atoms with van der Waals surface area (Å²) in [5.74, 6) is -0.299. The van der Waals surface area contributed by atoms with Crippen LogP contribution in [0.4, 0.5) is 0 Å². The summed E-state index contributed by atoms with van der Waals surface area (Å²) in [5.41, 5.74) is 8.32. The molecule has 0 saturated carbocycles. The molecule has 3 heteroatoms. The molecule has 0 spiro atoms. The second-order valence-corrected chi connectivity index (χ2v) is 8.13. The van der Waals surface area contributed by atoms with Crippen LogP contribution in [-0.2, 0) is 10.8 Å². The summed E-state index contributed by atoms with van der Waals surface area (Å²) < 4.78 is 0. The van der Waals surface area contributed by atoms with Crippen molar-refractivity contribution in [2.24, 2.45) is 5.73 Å². The monoisotopic (exact) mass is 291 g/mol. The van der Waals surface area contributed by atoms with E-state index in [2.05, 4.69) is 34.6 Å². The van der Waals surface area contributed by atoms with Crippen LogP contribution in [-0.4, -0.2) is 11.0 Å². The maximum atomic E-state index is 11.7. The van der Waals surface area contributed by atoms with Gasteiger partial charge in [-0.05, 0) is 33.9 Å². The van der Waals surface area contributed by atoms with Crippen LogP contribution in [0.2, 0.25) is 0 Å². The lowest BCUT2D eigenvalue weighted by Gasteiger charge is -2.33. The summed E-state index contributed by atoms with van der Waals surface area (Å²) in [7, 11) is 0. The molecule has 21 heavy (non-hydrogen) atoms. The normalized spacial score (nSPS) is 12.8. The molecule has 1 aromatic rings. The van der Waals surface area contributed by atoms with Gasteiger partial charge in [0.05, 0.1) is 5.56 Å². The van der Waals surface area contributed by atoms with Crippen molar-refractivity contribution in [1.82, 2.24) is 0 Å². The van der Waals surface area contributed by atoms with Gasteiger partial charge in [-0.3, -0.25) is 4.79 Å². The zero-order valence-electron chi connectivity index (χ0n) is 14.6. The minimum absolute atomic E-state index is 0.0340. The minimum Gasteiger partial charge on any atom is -0.507 e. The molecule has 0 aliphatic heterocycles. The molecule has 1 amide bonds. The van der Waals surface area contributed by atoms with E-state index in [1.54, 1.807) is 6.07 Å². The Labute approximate surface area is 128 Å². The number of amides is 1. The third kappa shape index (κ3) is 3.39. The Morgan fingerprint density at radius 2 is 1.57 bits per heavy atom. The van der Waals surface area contributed by atoms with Gasteiger partial charge in [0.2, 0.25) is 0 Å². The van der Waals surface area contributed by atoms with Crippen molar-refractivity contribution >= 4 is 5.91 Å². The Bertz CT molecular complexity index is 558. The van der Waals surface area contributed by atoms with Crippen LogP contribution >= 0.6 is 0 Å². The Morgan fingerprint density at radius 3 is 1.86 bits per heavy atom. The van der Waals surface area contributed by atoms with Crippen molar-refractivity contribution in [3.8, 4) is 5.75 Å². The second kappa shape index (κ2) is 5.36. The molecule has 1 rings (SSSR count). The number of hydrogen-bond acceptors (Lipinski definition) is 2. The molecule has 1 aromatic carbocycles. The molecule has 3 N–H and O–H groups in total. The van der Waals surface area contributed by atoms with E-state index in [1.165, 1.54) is 0 Å². The molecule has 0 heterocycles. The van der Waals surface area contributed by atoms with Crippen LogP contribution in [0.3, 0.4) is 0 Å². The van der Waals surface area contributed by atoms with Crippen molar-refractivity contribution in [3.05, 3.63) is 28.3 Å². The number of carbonyl (C=O) groups excluding carboxylic acids is 1. The highest BCUT2D eigenvalue weighted by molar-refractivity contribution is 5.96. The first kappa shape index (κ1) is 17.5. The van der Waals surface area contributed by atoms with E-state index in [9.17, 15) is 9.90 Å². The zero-order valence-corrected chi connectivity index (χ0v) is 14.6. The van der Waals surface area contributed by atoms with E-state index in [-0.39, 0.29) is 28.1 Å². The molecule has 0 radical (unpaired) electrons. The summed E-state index contributed by atoms with van der Waals surface area (Å²) in [4.78, 5) is 11.7. The second-order valence-electron chi connectivity index (χ2n) is 8.13. The molecule has 0 aromatic heterocycles. The SMILES string of the molecule is CC(C)c1c(C(C)(C)C)cc(C(N)=O)c(O)c1C(C)(C)C. The highest BCUT2D eigenvalue weighted by atomic mass is 16.3. The van der Waals surface area contributed by atoms with Gasteiger partial charge in [-0.1, -0.05) is 55.4 Å². The standard InChI is InChI=1S/C18H29NO2/c1-10(2)13-12(17(3,4)5)9-11(16(19)21)15(20)14(13)18(6,7)8/h9-10,20H,1-8H3,(H2,19,21). The molecular formula is C18H29NO2. The highest BCUT2D eigenvalue weighted by Gasteiger charge is 2.32. The summed E-state index contributed by atoms with van der Waals surface area (Å²) in [6, 6.07) is 1.77. The Hall–Kier alpha value is -1.51. The number of hydrogen-bond donors (Lipinski definition) is 2. The average Bonchev–Trinajstić information content (AvgIpc) is 2.23. The third-order valence-electron chi connectivity index (χ3n) is 3.74. The number of benzene rings is 1. The molecule has 118 valence electrons. The molecule has 0 bridgehead atoms. The fourth-order valence-electron chi connectivity index (χ4n) is 2.85. The number of aromatic hydroxyl groups is 1. The largest absolute Gasteiger partial charge is 0.507 e. The minimum atomic E-state index is -0.584. The molecule has 0 atom stereocenters. The summed E-state index contributed by atoms with van der Waals surface area (Å²) in [6.45, 7) is 16.7. The van der Waals surface area contributed by atoms with Crippen molar-refractivity contribution in [2.45, 2.75) is 72.1 Å². The third-order valence-corrected chi connectivity index (χ3v) is 3.74. The fourth-order valence-corrected chi connectivity index (χ4v) is 2.85. The quantitative estimate of drug-likeness (QED) is 0.857. The fraction of sp³-hybridized carbons (Fsp3) is 0.611. The number of carbonyl (C=O) groups is 1. The summed E-state index contributed by atoms with van der Waals surface area (Å²) >= 11 is 0. The predicted octanol–water partition coefficient (Wildman–Crippen LogP) is 4.21. The first-order valence-corrected chi connectivity index (χ1v) is 7.49. The number of phenols is 1. The molecule has 0 aliphatic rings. The molecule has 3 nitrogen and oxygen atoms in total. The van der Waals surface area contributed by atoms with Gasteiger partial charge in [0, 0.05) is 5.56 Å². The highest BCUT2D eigenvalue weighted by Crippen LogP contribution is 2.44. The lowest BCUT2D eigenvalue weighted by Crippen LogP contribution is -2.25. The van der Waals surface area contributed by atoms with E-state index >= 15 is 0 Å². The first-order valence-electron chi connectivity index (χ1n) is 7.49. The van der Waals surface area contributed by atoms with Crippen LogP contribution in [0.15, 0.2) is 6.07 Å². The lowest BCUT2D eigenvalue weighted by atomic mass is 9.72. The lowest BCUT2D eigenvalue weighted by molar-refractivity contribution is 0.0997. The summed E-state index contributed by atoms with van der Waals surface area (Å²) in [5, 5.41) is 10.6. The van der Waals surface area contributed by atoms with E-state index in [0.29, 0.717) is 0 Å². The number of nitrogens with two attached hydrogens (primary N) is 1. The molecule has 0 saturated heterocycles. The zero-order chi connectivity index (χ0) is 16.7. The van der Waals surface area contributed by atoms with E-state index in [4.69, 9.17) is 5.73 Å². The van der Waals surface area contributed by atoms with Gasteiger partial charge in [0.15, 0.2) is 0 Å². The maximum absolute atomic E-state index is 11.7. The van der Waals surface area contributed by atoms with Crippen LogP contribution in [0, 0.1) is 0 Å². The number of primary amides is 1.